The first-order chi connectivity index (χ1) is 49.7. The highest BCUT2D eigenvalue weighted by molar-refractivity contribution is 8.26. The quantitative estimate of drug-likeness (QED) is 0.163. The van der Waals surface area contributed by atoms with E-state index in [-0.39, 0.29) is 0 Å². The average Bonchev–Trinajstić information content (AvgIpc) is 1.61. The summed E-state index contributed by atoms with van der Waals surface area (Å²) in [5.74, 6) is 0. The minimum Gasteiger partial charge on any atom is -0.309 e. The van der Waals surface area contributed by atoms with Crippen molar-refractivity contribution >= 4 is 84.9 Å². The average molecular weight is 1320 g/mol. The molecule has 15 aromatic rings. The first kappa shape index (κ1) is 55.3. The Labute approximate surface area is 592 Å². The molecule has 0 aromatic heterocycles. The van der Waals surface area contributed by atoms with Crippen molar-refractivity contribution in [2.24, 2.45) is 0 Å². The molecule has 9 aliphatic rings. The molecule has 0 N–H and O–H groups in total. The van der Waals surface area contributed by atoms with Crippen molar-refractivity contribution in [2.75, 3.05) is 14.7 Å². The summed E-state index contributed by atoms with van der Waals surface area (Å²) in [6, 6.07) is 117. The van der Waals surface area contributed by atoms with Gasteiger partial charge in [-0.25, -0.2) is 0 Å². The predicted octanol–water partition coefficient (Wildman–Crippen LogP) is 22.7. The highest BCUT2D eigenvalue weighted by Gasteiger charge is 2.58. The number of benzene rings is 15. The Hall–Kier alpha value is -11.7. The number of hydrogen-bond acceptors (Lipinski definition) is 4. The molecular formula is C96H60N3PS. The van der Waals surface area contributed by atoms with Crippen LogP contribution in [0.2, 0.25) is 0 Å². The standard InChI is InChI=1S/C96H60N3PS/c1-55-46-85-91-86(47-55)98(59-41-44-71-68-29-11-20-38-80(68)95(83(71)53-59)75-33-15-6-24-63(75)64-25-7-16-34-76(64)95)88-49-57(3)51-90-93(88)100(91,101)92-87(97(85)58-40-43-70-67-28-10-19-37-79(67)94(82(70)52-58)73-31-13-4-22-61(73)62-23-5-14-32-74(62)94)48-56(2)50-89(92)99(90)60-42-45-72-69-30-12-21-39-81(69)96(84(72)54-60)77-35-17-8-26-65(77)66-27-9-18-36-78(66)96/h4-54H,1-3H3. The van der Waals surface area contributed by atoms with Crippen LogP contribution in [0.3, 0.4) is 0 Å². The lowest BCUT2D eigenvalue weighted by Gasteiger charge is -2.52. The first-order valence-electron chi connectivity index (χ1n) is 35.5. The van der Waals surface area contributed by atoms with E-state index >= 15 is 0 Å². The molecule has 0 unspecified atom stereocenters. The van der Waals surface area contributed by atoms with Crippen LogP contribution < -0.4 is 30.6 Å². The SMILES string of the molecule is Cc1cc2c3c(c1)N(c1ccc4c(c1)C1(c5ccccc5-c5ccccc51)c1ccccc1-4)c1cc(C)cc4c1P3(=S)c1c(cc(C)cc1N4c1ccc3c(c1)C1(c4ccccc4-c4ccccc41)c1ccccc1-3)N2c1ccc2c(c1)C1(c3ccccc3-c3ccccc31)c1ccccc1-2. The topological polar surface area (TPSA) is 9.72 Å². The van der Waals surface area contributed by atoms with Gasteiger partial charge in [0.15, 0.2) is 0 Å². The van der Waals surface area contributed by atoms with Gasteiger partial charge < -0.3 is 14.7 Å². The van der Waals surface area contributed by atoms with E-state index in [1.165, 1.54) is 166 Å². The lowest BCUT2D eigenvalue weighted by atomic mass is 9.70. The summed E-state index contributed by atoms with van der Waals surface area (Å²) >= 11 is 8.15. The van der Waals surface area contributed by atoms with E-state index in [2.05, 4.69) is 345 Å². The van der Waals surface area contributed by atoms with E-state index in [1.807, 2.05) is 0 Å². The van der Waals surface area contributed by atoms with Crippen molar-refractivity contribution in [1.82, 2.24) is 0 Å². The van der Waals surface area contributed by atoms with E-state index in [9.17, 15) is 0 Å². The first-order valence-corrected chi connectivity index (χ1v) is 38.3. The van der Waals surface area contributed by atoms with Crippen molar-refractivity contribution in [3.05, 3.63) is 393 Å². The summed E-state index contributed by atoms with van der Waals surface area (Å²) in [5.41, 5.74) is 43.5. The summed E-state index contributed by atoms with van der Waals surface area (Å²) in [4.78, 5) is 7.98. The fraction of sp³-hybridized carbons (Fsp3) is 0.0625. The Balaban J connectivity index is 0.808. The summed E-state index contributed by atoms with van der Waals surface area (Å²) in [6.07, 6.45) is 0. The summed E-state index contributed by atoms with van der Waals surface area (Å²) in [5, 5.41) is 3.71. The van der Waals surface area contributed by atoms with Gasteiger partial charge in [-0.05, 0) is 244 Å². The Morgan fingerprint density at radius 1 is 0.208 bits per heavy atom. The summed E-state index contributed by atoms with van der Waals surface area (Å²) in [6.45, 7) is 6.92. The molecule has 3 heterocycles. The molecule has 5 heteroatoms. The molecule has 15 aromatic carbocycles. The van der Waals surface area contributed by atoms with E-state index < -0.39 is 22.3 Å². The third kappa shape index (κ3) is 6.26. The number of hydrogen-bond donors (Lipinski definition) is 0. The van der Waals surface area contributed by atoms with Gasteiger partial charge in [0.2, 0.25) is 0 Å². The number of rotatable bonds is 3. The van der Waals surface area contributed by atoms with Crippen LogP contribution in [-0.4, -0.2) is 0 Å². The maximum absolute atomic E-state index is 8.15. The van der Waals surface area contributed by atoms with Gasteiger partial charge in [0.05, 0.1) is 56.4 Å². The number of anilines is 9. The van der Waals surface area contributed by atoms with Crippen molar-refractivity contribution in [1.29, 1.82) is 0 Å². The largest absolute Gasteiger partial charge is 0.309 e. The second kappa shape index (κ2) is 18.8. The Kier molecular flexibility index (Phi) is 10.3. The van der Waals surface area contributed by atoms with Gasteiger partial charge in [-0.1, -0.05) is 248 Å². The van der Waals surface area contributed by atoms with Crippen LogP contribution in [0.5, 0.6) is 0 Å². The van der Waals surface area contributed by atoms with Gasteiger partial charge in [-0.15, -0.1) is 0 Å². The molecule has 0 fully saturated rings. The molecule has 3 spiro atoms. The zero-order valence-electron chi connectivity index (χ0n) is 55.6. The lowest BCUT2D eigenvalue weighted by molar-refractivity contribution is 0.793. The molecule has 0 amide bonds. The van der Waals surface area contributed by atoms with Gasteiger partial charge in [0.1, 0.15) is 0 Å². The summed E-state index contributed by atoms with van der Waals surface area (Å²) < 4.78 is 0. The highest BCUT2D eigenvalue weighted by Crippen LogP contribution is 2.72. The molecule has 0 saturated carbocycles. The Morgan fingerprint density at radius 2 is 0.376 bits per heavy atom. The predicted molar refractivity (Wildman–Crippen MR) is 420 cm³/mol. The van der Waals surface area contributed by atoms with Crippen molar-refractivity contribution in [2.45, 2.75) is 37.0 Å². The molecule has 0 saturated heterocycles. The maximum Gasteiger partial charge on any atom is 0.0726 e. The van der Waals surface area contributed by atoms with Gasteiger partial charge in [-0.2, -0.15) is 0 Å². The van der Waals surface area contributed by atoms with Crippen LogP contribution in [0, 0.1) is 20.8 Å². The van der Waals surface area contributed by atoms with E-state index in [4.69, 9.17) is 11.8 Å². The van der Waals surface area contributed by atoms with Crippen LogP contribution in [0.15, 0.2) is 309 Å². The minimum atomic E-state index is -3.04. The van der Waals surface area contributed by atoms with Crippen LogP contribution in [0.25, 0.3) is 66.8 Å². The second-order valence-electron chi connectivity index (χ2n) is 29.4. The summed E-state index contributed by atoms with van der Waals surface area (Å²) in [7, 11) is 0. The monoisotopic (exact) mass is 1320 g/mol. The van der Waals surface area contributed by atoms with Gasteiger partial charge in [-0.3, -0.25) is 0 Å². The molecule has 24 rings (SSSR count). The Bertz CT molecular complexity index is 5600. The number of fused-ring (bicyclic) bond motifs is 30. The number of nitrogens with zero attached hydrogens (tertiary/aromatic N) is 3. The smallest absolute Gasteiger partial charge is 0.0726 e. The van der Waals surface area contributed by atoms with Crippen LogP contribution in [0.4, 0.5) is 51.2 Å². The number of aryl methyl sites for hydroxylation is 3. The molecular weight excluding hydrogens is 1260 g/mol. The van der Waals surface area contributed by atoms with Gasteiger partial charge in [0, 0.05) is 33.0 Å². The van der Waals surface area contributed by atoms with E-state index in [0.717, 1.165) is 51.2 Å². The molecule has 3 aliphatic heterocycles. The van der Waals surface area contributed by atoms with Crippen molar-refractivity contribution in [3.8, 4) is 66.8 Å². The normalized spacial score (nSPS) is 16.0. The Morgan fingerprint density at radius 3 is 0.564 bits per heavy atom. The molecule has 101 heavy (non-hydrogen) atoms. The van der Waals surface area contributed by atoms with E-state index in [1.54, 1.807) is 0 Å². The fourth-order valence-electron chi connectivity index (χ4n) is 21.4. The van der Waals surface area contributed by atoms with Crippen molar-refractivity contribution in [3.63, 3.8) is 0 Å². The van der Waals surface area contributed by atoms with E-state index in [0.29, 0.717) is 0 Å². The van der Waals surface area contributed by atoms with Crippen LogP contribution in [0.1, 0.15) is 83.5 Å². The zero-order chi connectivity index (χ0) is 66.3. The van der Waals surface area contributed by atoms with Gasteiger partial charge >= 0.3 is 0 Å². The molecule has 0 radical (unpaired) electrons. The van der Waals surface area contributed by atoms with Crippen LogP contribution in [-0.2, 0) is 28.1 Å². The minimum absolute atomic E-state index is 0.549. The second-order valence-corrected chi connectivity index (χ2v) is 33.6. The van der Waals surface area contributed by atoms with Crippen LogP contribution >= 0.6 is 6.04 Å². The van der Waals surface area contributed by atoms with Gasteiger partial charge in [0.25, 0.3) is 0 Å². The molecule has 470 valence electrons. The van der Waals surface area contributed by atoms with Crippen molar-refractivity contribution < 1.29 is 0 Å². The third-order valence-electron chi connectivity index (χ3n) is 24.7. The highest BCUT2D eigenvalue weighted by atomic mass is 32.4. The fourth-order valence-corrected chi connectivity index (χ4v) is 26.7. The maximum atomic E-state index is 8.15. The molecule has 6 aliphatic carbocycles. The third-order valence-corrected chi connectivity index (χ3v) is 29.7. The zero-order valence-corrected chi connectivity index (χ0v) is 57.4. The lowest BCUT2D eigenvalue weighted by Crippen LogP contribution is -2.48. The molecule has 3 nitrogen and oxygen atoms in total. The molecule has 0 atom stereocenters. The molecule has 0 bridgehead atoms.